The molecule has 3 heterocycles. The highest BCUT2D eigenvalue weighted by Gasteiger charge is 2.21. The van der Waals surface area contributed by atoms with Gasteiger partial charge in [0, 0.05) is 36.6 Å². The lowest BCUT2D eigenvalue weighted by molar-refractivity contribution is 0.219. The molecule has 2 aliphatic heterocycles. The smallest absolute Gasteiger partial charge is 0.151 e. The second-order valence-corrected chi connectivity index (χ2v) is 7.77. The fraction of sp³-hybridized carbons (Fsp3) is 0.474. The summed E-state index contributed by atoms with van der Waals surface area (Å²) in [7, 11) is 1.68. The molecule has 1 aromatic heterocycles. The number of hydrogen-bond acceptors (Lipinski definition) is 6. The number of benzene rings is 1. The van der Waals surface area contributed by atoms with Crippen molar-refractivity contribution in [2.45, 2.75) is 12.8 Å². The van der Waals surface area contributed by atoms with Gasteiger partial charge in [-0.2, -0.15) is 16.9 Å². The Morgan fingerprint density at radius 1 is 1.20 bits per heavy atom. The molecule has 6 heteroatoms. The number of fused-ring (bicyclic) bond motifs is 1. The Morgan fingerprint density at radius 3 is 2.84 bits per heavy atom. The quantitative estimate of drug-likeness (QED) is 0.839. The number of anilines is 1. The predicted octanol–water partition coefficient (Wildman–Crippen LogP) is 2.83. The van der Waals surface area contributed by atoms with E-state index in [1.165, 1.54) is 17.1 Å². The molecule has 1 atom stereocenters. The number of methoxy groups -OCH3 is 1. The average molecular weight is 357 g/mol. The Bertz CT molecular complexity index is 717. The standard InChI is InChI=1S/C19H23N3O2S/c1-23-17-4-2-15-10-14(13-24-18(15)12-17)11-16-3-5-19(21-20-16)22-6-8-25-9-7-22/h2-5,12,14H,6-11,13H2,1H3/t14-/m1/s1. The molecule has 0 spiro atoms. The summed E-state index contributed by atoms with van der Waals surface area (Å²) in [4.78, 5) is 2.32. The third-order valence-corrected chi connectivity index (χ3v) is 5.74. The van der Waals surface area contributed by atoms with E-state index in [4.69, 9.17) is 9.47 Å². The van der Waals surface area contributed by atoms with Crippen molar-refractivity contribution in [3.63, 3.8) is 0 Å². The van der Waals surface area contributed by atoms with E-state index in [0.717, 1.165) is 48.9 Å². The van der Waals surface area contributed by atoms with Crippen molar-refractivity contribution in [1.29, 1.82) is 0 Å². The van der Waals surface area contributed by atoms with E-state index in [1.54, 1.807) is 7.11 Å². The van der Waals surface area contributed by atoms with E-state index in [0.29, 0.717) is 12.5 Å². The molecule has 25 heavy (non-hydrogen) atoms. The van der Waals surface area contributed by atoms with Gasteiger partial charge in [-0.3, -0.25) is 0 Å². The first-order valence-electron chi connectivity index (χ1n) is 8.77. The van der Waals surface area contributed by atoms with Crippen LogP contribution in [0.1, 0.15) is 11.3 Å². The van der Waals surface area contributed by atoms with Crippen LogP contribution in [-0.2, 0) is 12.8 Å². The van der Waals surface area contributed by atoms with Gasteiger partial charge in [-0.25, -0.2) is 0 Å². The summed E-state index contributed by atoms with van der Waals surface area (Å²) in [6.07, 6.45) is 1.90. The minimum Gasteiger partial charge on any atom is -0.497 e. The van der Waals surface area contributed by atoms with Crippen LogP contribution in [0.15, 0.2) is 30.3 Å². The van der Waals surface area contributed by atoms with Gasteiger partial charge in [0.05, 0.1) is 19.4 Å². The Kier molecular flexibility index (Phi) is 4.97. The second kappa shape index (κ2) is 7.52. The normalized spacial score (nSPS) is 19.9. The molecule has 5 nitrogen and oxygen atoms in total. The van der Waals surface area contributed by atoms with Crippen molar-refractivity contribution in [1.82, 2.24) is 10.2 Å². The van der Waals surface area contributed by atoms with E-state index >= 15 is 0 Å². The highest BCUT2D eigenvalue weighted by atomic mass is 32.2. The molecular formula is C19H23N3O2S. The van der Waals surface area contributed by atoms with Crippen LogP contribution in [0.3, 0.4) is 0 Å². The molecule has 0 radical (unpaired) electrons. The lowest BCUT2D eigenvalue weighted by atomic mass is 9.92. The predicted molar refractivity (Wildman–Crippen MR) is 101 cm³/mol. The number of aromatic nitrogens is 2. The topological polar surface area (TPSA) is 47.5 Å². The van der Waals surface area contributed by atoms with E-state index in [-0.39, 0.29) is 0 Å². The Labute approximate surface area is 152 Å². The largest absolute Gasteiger partial charge is 0.497 e. The monoisotopic (exact) mass is 357 g/mol. The zero-order valence-corrected chi connectivity index (χ0v) is 15.3. The molecule has 4 rings (SSSR count). The van der Waals surface area contributed by atoms with Gasteiger partial charge in [0.1, 0.15) is 11.5 Å². The van der Waals surface area contributed by atoms with Crippen molar-refractivity contribution in [2.75, 3.05) is 43.2 Å². The number of rotatable bonds is 4. The molecule has 132 valence electrons. The molecule has 2 aliphatic rings. The van der Waals surface area contributed by atoms with Crippen molar-refractivity contribution in [2.24, 2.45) is 5.92 Å². The van der Waals surface area contributed by atoms with E-state index in [2.05, 4.69) is 33.3 Å². The van der Waals surface area contributed by atoms with Gasteiger partial charge in [-0.05, 0) is 36.6 Å². The fourth-order valence-corrected chi connectivity index (χ4v) is 4.30. The molecule has 1 aromatic carbocycles. The molecule has 1 saturated heterocycles. The molecule has 0 unspecified atom stereocenters. The van der Waals surface area contributed by atoms with E-state index in [9.17, 15) is 0 Å². The molecular weight excluding hydrogens is 334 g/mol. The van der Waals surface area contributed by atoms with Crippen LogP contribution in [0.25, 0.3) is 0 Å². The maximum Gasteiger partial charge on any atom is 0.151 e. The van der Waals surface area contributed by atoms with Crippen molar-refractivity contribution < 1.29 is 9.47 Å². The summed E-state index contributed by atoms with van der Waals surface area (Å²) in [6.45, 7) is 2.84. The zero-order valence-electron chi connectivity index (χ0n) is 14.5. The fourth-order valence-electron chi connectivity index (χ4n) is 3.39. The van der Waals surface area contributed by atoms with Crippen LogP contribution >= 0.6 is 11.8 Å². The molecule has 2 aromatic rings. The first-order chi connectivity index (χ1) is 12.3. The Balaban J connectivity index is 1.39. The third-order valence-electron chi connectivity index (χ3n) is 4.80. The third kappa shape index (κ3) is 3.84. The first kappa shape index (κ1) is 16.5. The van der Waals surface area contributed by atoms with Gasteiger partial charge in [0.2, 0.25) is 0 Å². The number of nitrogens with zero attached hydrogens (tertiary/aromatic N) is 3. The van der Waals surface area contributed by atoms with Crippen molar-refractivity contribution >= 4 is 17.6 Å². The molecule has 1 fully saturated rings. The molecule has 0 bridgehead atoms. The van der Waals surface area contributed by atoms with Gasteiger partial charge in [-0.1, -0.05) is 6.07 Å². The summed E-state index contributed by atoms with van der Waals surface area (Å²) < 4.78 is 11.2. The maximum absolute atomic E-state index is 5.93. The Hall–Kier alpha value is -1.95. The summed E-state index contributed by atoms with van der Waals surface area (Å²) in [5.41, 5.74) is 2.29. The average Bonchev–Trinajstić information content (AvgIpc) is 2.69. The van der Waals surface area contributed by atoms with Crippen molar-refractivity contribution in [3.8, 4) is 11.5 Å². The Morgan fingerprint density at radius 2 is 2.08 bits per heavy atom. The summed E-state index contributed by atoms with van der Waals surface area (Å²) in [5.74, 6) is 5.57. The summed E-state index contributed by atoms with van der Waals surface area (Å²) >= 11 is 2.00. The highest BCUT2D eigenvalue weighted by molar-refractivity contribution is 7.99. The maximum atomic E-state index is 5.93. The van der Waals surface area contributed by atoms with Crippen LogP contribution in [0.4, 0.5) is 5.82 Å². The van der Waals surface area contributed by atoms with Gasteiger partial charge in [0.15, 0.2) is 5.82 Å². The van der Waals surface area contributed by atoms with Crippen LogP contribution in [-0.4, -0.2) is 48.5 Å². The minimum absolute atomic E-state index is 0.437. The number of hydrogen-bond donors (Lipinski definition) is 0. The lowest BCUT2D eigenvalue weighted by Crippen LogP contribution is -2.33. The van der Waals surface area contributed by atoms with Gasteiger partial charge >= 0.3 is 0 Å². The van der Waals surface area contributed by atoms with Gasteiger partial charge in [-0.15, -0.1) is 5.10 Å². The van der Waals surface area contributed by atoms with Crippen LogP contribution < -0.4 is 14.4 Å². The summed E-state index contributed by atoms with van der Waals surface area (Å²) in [5, 5.41) is 8.90. The van der Waals surface area contributed by atoms with Crippen LogP contribution in [0.2, 0.25) is 0 Å². The zero-order chi connectivity index (χ0) is 17.1. The van der Waals surface area contributed by atoms with E-state index < -0.39 is 0 Å². The minimum atomic E-state index is 0.437. The SMILES string of the molecule is COc1ccc2c(c1)OC[C@@H](Cc1ccc(N3CCSCC3)nn1)C2. The molecule has 0 amide bonds. The van der Waals surface area contributed by atoms with Gasteiger partial charge < -0.3 is 14.4 Å². The number of thioether (sulfide) groups is 1. The number of ether oxygens (including phenoxy) is 2. The summed E-state index contributed by atoms with van der Waals surface area (Å²) in [6, 6.07) is 10.3. The van der Waals surface area contributed by atoms with E-state index in [1.807, 2.05) is 23.9 Å². The van der Waals surface area contributed by atoms with Crippen LogP contribution in [0.5, 0.6) is 11.5 Å². The molecule has 0 aliphatic carbocycles. The first-order valence-corrected chi connectivity index (χ1v) is 9.92. The van der Waals surface area contributed by atoms with Gasteiger partial charge in [0.25, 0.3) is 0 Å². The second-order valence-electron chi connectivity index (χ2n) is 6.54. The van der Waals surface area contributed by atoms with Crippen molar-refractivity contribution in [3.05, 3.63) is 41.6 Å². The highest BCUT2D eigenvalue weighted by Crippen LogP contribution is 2.32. The molecule has 0 N–H and O–H groups in total. The lowest BCUT2D eigenvalue weighted by Gasteiger charge is -2.27. The molecule has 0 saturated carbocycles. The van der Waals surface area contributed by atoms with Crippen LogP contribution in [0, 0.1) is 5.92 Å².